The van der Waals surface area contributed by atoms with Crippen molar-refractivity contribution in [3.8, 4) is 17.2 Å². The second-order valence-electron chi connectivity index (χ2n) is 9.46. The molecule has 2 heterocycles. The highest BCUT2D eigenvalue weighted by molar-refractivity contribution is 6.27. The van der Waals surface area contributed by atoms with Gasteiger partial charge in [-0.2, -0.15) is 0 Å². The maximum Gasteiger partial charge on any atom is 0.414 e. The van der Waals surface area contributed by atoms with Gasteiger partial charge in [-0.15, -0.1) is 0 Å². The number of anilines is 1. The highest BCUT2D eigenvalue weighted by Crippen LogP contribution is 2.38. The first kappa shape index (κ1) is 30.5. The van der Waals surface area contributed by atoms with Crippen LogP contribution in [0, 0.1) is 11.7 Å². The smallest absolute Gasteiger partial charge is 0.414 e. The summed E-state index contributed by atoms with van der Waals surface area (Å²) in [6.45, 7) is 5.08. The van der Waals surface area contributed by atoms with Crippen molar-refractivity contribution in [2.45, 2.75) is 19.4 Å². The van der Waals surface area contributed by atoms with Crippen LogP contribution in [0.25, 0.3) is 0 Å². The van der Waals surface area contributed by atoms with E-state index in [0.717, 1.165) is 38.0 Å². The van der Waals surface area contributed by atoms with Gasteiger partial charge in [-0.25, -0.2) is 14.0 Å². The van der Waals surface area contributed by atoms with E-state index in [1.165, 1.54) is 6.07 Å². The van der Waals surface area contributed by atoms with E-state index in [9.17, 15) is 9.18 Å². The predicted octanol–water partition coefficient (Wildman–Crippen LogP) is 2.57. The molecule has 2 aromatic rings. The molecule has 2 fully saturated rings. The Hall–Kier alpha value is -4.06. The van der Waals surface area contributed by atoms with Gasteiger partial charge < -0.3 is 34.2 Å². The predicted molar refractivity (Wildman–Crippen MR) is 145 cm³/mol. The highest BCUT2D eigenvalue weighted by atomic mass is 19.1. The van der Waals surface area contributed by atoms with Gasteiger partial charge in [-0.1, -0.05) is 12.1 Å². The molecule has 2 saturated heterocycles. The van der Waals surface area contributed by atoms with Gasteiger partial charge in [0.15, 0.2) is 11.5 Å². The minimum absolute atomic E-state index is 0.0520. The molecule has 0 radical (unpaired) electrons. The van der Waals surface area contributed by atoms with Crippen LogP contribution in [0.5, 0.6) is 17.2 Å². The summed E-state index contributed by atoms with van der Waals surface area (Å²) in [7, 11) is 4.84. The van der Waals surface area contributed by atoms with Crippen molar-refractivity contribution in [2.24, 2.45) is 5.92 Å². The lowest BCUT2D eigenvalue weighted by Crippen LogP contribution is -2.51. The standard InChI is InChI=1S/C26H34FN3O4.C2H2O4/c1-32-23-16-19(17-24(33-2)25(23)34-3)18-28-10-8-20(9-11-28)26(31)30-14-12-29(13-15-30)22-7-5-4-6-21(22)27;3-1(4)2(5)6/h4-7,16-17,20H,8-15,18H2,1-3H3;(H,3,4)(H,5,6). The van der Waals surface area contributed by atoms with E-state index in [4.69, 9.17) is 34.0 Å². The number of nitrogens with zero attached hydrogens (tertiary/aromatic N) is 3. The third-order valence-electron chi connectivity index (χ3n) is 7.03. The largest absolute Gasteiger partial charge is 0.493 e. The molecule has 0 spiro atoms. The number of hydrogen-bond acceptors (Lipinski definition) is 8. The van der Waals surface area contributed by atoms with E-state index < -0.39 is 11.9 Å². The third-order valence-corrected chi connectivity index (χ3v) is 7.03. The summed E-state index contributed by atoms with van der Waals surface area (Å²) < 4.78 is 30.4. The Balaban J connectivity index is 0.000000663. The lowest BCUT2D eigenvalue weighted by Gasteiger charge is -2.39. The molecule has 2 aliphatic rings. The van der Waals surface area contributed by atoms with Gasteiger partial charge in [-0.05, 0) is 55.8 Å². The molecule has 2 N–H and O–H groups in total. The van der Waals surface area contributed by atoms with Gasteiger partial charge in [-0.3, -0.25) is 9.69 Å². The zero-order valence-electron chi connectivity index (χ0n) is 23.0. The summed E-state index contributed by atoms with van der Waals surface area (Å²) in [5.74, 6) is -1.68. The Morgan fingerprint density at radius 2 is 1.40 bits per heavy atom. The minimum atomic E-state index is -1.82. The highest BCUT2D eigenvalue weighted by Gasteiger charge is 2.31. The summed E-state index contributed by atoms with van der Waals surface area (Å²) in [4.78, 5) is 37.7. The molecule has 1 amide bonds. The van der Waals surface area contributed by atoms with Gasteiger partial charge in [0.1, 0.15) is 5.82 Å². The number of carboxylic acid groups (broad SMARTS) is 2. The molecule has 2 aromatic carbocycles. The number of likely N-dealkylation sites (tertiary alicyclic amines) is 1. The number of rotatable bonds is 7. The summed E-state index contributed by atoms with van der Waals surface area (Å²) in [5.41, 5.74) is 1.71. The number of carbonyl (C=O) groups is 3. The SMILES string of the molecule is COc1cc(CN2CCC(C(=O)N3CCN(c4ccccc4F)CC3)CC2)cc(OC)c1OC.O=C(O)C(=O)O. The molecule has 2 aliphatic heterocycles. The molecule has 11 nitrogen and oxygen atoms in total. The quantitative estimate of drug-likeness (QED) is 0.487. The zero-order valence-corrected chi connectivity index (χ0v) is 23.0. The first-order valence-electron chi connectivity index (χ1n) is 12.9. The fraction of sp³-hybridized carbons (Fsp3) is 0.464. The number of para-hydroxylation sites is 1. The van der Waals surface area contributed by atoms with Crippen LogP contribution in [-0.2, 0) is 20.9 Å². The number of carbonyl (C=O) groups excluding carboxylic acids is 1. The second-order valence-corrected chi connectivity index (χ2v) is 9.46. The Morgan fingerprint density at radius 1 is 0.850 bits per heavy atom. The number of ether oxygens (including phenoxy) is 3. The van der Waals surface area contributed by atoms with E-state index in [-0.39, 0.29) is 17.6 Å². The molecule has 4 rings (SSSR count). The Labute approximate surface area is 232 Å². The molecule has 0 saturated carbocycles. The molecule has 40 heavy (non-hydrogen) atoms. The van der Waals surface area contributed by atoms with Gasteiger partial charge in [0.05, 0.1) is 27.0 Å². The number of amides is 1. The van der Waals surface area contributed by atoms with Crippen molar-refractivity contribution in [1.82, 2.24) is 9.80 Å². The fourth-order valence-corrected chi connectivity index (χ4v) is 4.96. The first-order valence-corrected chi connectivity index (χ1v) is 12.9. The Bertz CT molecular complexity index is 1140. The van der Waals surface area contributed by atoms with Crippen LogP contribution < -0.4 is 19.1 Å². The maximum atomic E-state index is 14.1. The average molecular weight is 562 g/mol. The van der Waals surface area contributed by atoms with Crippen LogP contribution in [0.15, 0.2) is 36.4 Å². The Morgan fingerprint density at radius 3 is 1.88 bits per heavy atom. The topological polar surface area (TPSA) is 129 Å². The number of piperidine rings is 1. The molecule has 0 atom stereocenters. The van der Waals surface area contributed by atoms with Crippen molar-refractivity contribution in [3.63, 3.8) is 0 Å². The van der Waals surface area contributed by atoms with Crippen molar-refractivity contribution in [2.75, 3.05) is 65.5 Å². The molecular weight excluding hydrogens is 525 g/mol. The van der Waals surface area contributed by atoms with Crippen LogP contribution in [0.1, 0.15) is 18.4 Å². The van der Waals surface area contributed by atoms with Crippen LogP contribution in [0.3, 0.4) is 0 Å². The van der Waals surface area contributed by atoms with Crippen LogP contribution in [-0.4, -0.2) is 98.5 Å². The zero-order chi connectivity index (χ0) is 29.2. The van der Waals surface area contributed by atoms with Gasteiger partial charge in [0.2, 0.25) is 11.7 Å². The monoisotopic (exact) mass is 561 g/mol. The third kappa shape index (κ3) is 7.75. The van der Waals surface area contributed by atoms with E-state index in [2.05, 4.69) is 4.90 Å². The average Bonchev–Trinajstić information content (AvgIpc) is 2.97. The molecular formula is C28H36FN3O8. The number of halogens is 1. The van der Waals surface area contributed by atoms with Crippen molar-refractivity contribution < 1.29 is 43.2 Å². The van der Waals surface area contributed by atoms with E-state index in [0.29, 0.717) is 49.1 Å². The minimum Gasteiger partial charge on any atom is -0.493 e. The van der Waals surface area contributed by atoms with Gasteiger partial charge in [0.25, 0.3) is 0 Å². The summed E-state index contributed by atoms with van der Waals surface area (Å²) in [6.07, 6.45) is 1.69. The normalized spacial score (nSPS) is 16.0. The van der Waals surface area contributed by atoms with Gasteiger partial charge >= 0.3 is 11.9 Å². The maximum absolute atomic E-state index is 14.1. The van der Waals surface area contributed by atoms with Crippen LogP contribution >= 0.6 is 0 Å². The van der Waals surface area contributed by atoms with E-state index in [1.54, 1.807) is 33.5 Å². The molecule has 12 heteroatoms. The van der Waals surface area contributed by atoms with E-state index >= 15 is 0 Å². The molecule has 0 aromatic heterocycles. The number of hydrogen-bond donors (Lipinski definition) is 2. The summed E-state index contributed by atoms with van der Waals surface area (Å²) in [6, 6.07) is 10.8. The number of benzene rings is 2. The van der Waals surface area contributed by atoms with Crippen LogP contribution in [0.4, 0.5) is 10.1 Å². The fourth-order valence-electron chi connectivity index (χ4n) is 4.96. The molecule has 0 aliphatic carbocycles. The second kappa shape index (κ2) is 14.4. The number of methoxy groups -OCH3 is 3. The lowest BCUT2D eigenvalue weighted by atomic mass is 9.94. The number of carboxylic acids is 2. The van der Waals surface area contributed by atoms with Crippen LogP contribution in [0.2, 0.25) is 0 Å². The molecule has 0 bridgehead atoms. The van der Waals surface area contributed by atoms with Crippen molar-refractivity contribution >= 4 is 23.5 Å². The van der Waals surface area contributed by atoms with Crippen molar-refractivity contribution in [1.29, 1.82) is 0 Å². The molecule has 0 unspecified atom stereocenters. The summed E-state index contributed by atoms with van der Waals surface area (Å²) >= 11 is 0. The van der Waals surface area contributed by atoms with Gasteiger partial charge in [0, 0.05) is 38.6 Å². The number of piperazine rings is 1. The number of aliphatic carboxylic acids is 2. The summed E-state index contributed by atoms with van der Waals surface area (Å²) in [5, 5.41) is 14.8. The molecule has 218 valence electrons. The van der Waals surface area contributed by atoms with Crippen molar-refractivity contribution in [3.05, 3.63) is 47.8 Å². The lowest BCUT2D eigenvalue weighted by molar-refractivity contribution is -0.159. The Kier molecular flexibility index (Phi) is 10.9. The van der Waals surface area contributed by atoms with E-state index in [1.807, 2.05) is 28.0 Å². The first-order chi connectivity index (χ1) is 19.2.